The highest BCUT2D eigenvalue weighted by atomic mass is 79.9. The Balaban J connectivity index is 1.62. The molecule has 3 aromatic carbocycles. The summed E-state index contributed by atoms with van der Waals surface area (Å²) < 4.78 is 13.8. The number of hydrogen-bond acceptors (Lipinski definition) is 5. The van der Waals surface area contributed by atoms with Gasteiger partial charge >= 0.3 is 11.9 Å². The first-order valence-corrected chi connectivity index (χ1v) is 13.5. The molecule has 2 aliphatic rings. The molecule has 3 atom stereocenters. The third-order valence-electron chi connectivity index (χ3n) is 7.01. The van der Waals surface area contributed by atoms with Gasteiger partial charge in [0, 0.05) is 36.0 Å². The van der Waals surface area contributed by atoms with Crippen LogP contribution in [0, 0.1) is 10.8 Å². The van der Waals surface area contributed by atoms with Gasteiger partial charge in [-0.05, 0) is 44.2 Å². The molecule has 1 saturated carbocycles. The molecule has 0 aromatic heterocycles. The van der Waals surface area contributed by atoms with E-state index in [1.165, 1.54) is 0 Å². The number of hydrogen-bond donors (Lipinski definition) is 0. The number of rotatable bonds is 5. The van der Waals surface area contributed by atoms with Gasteiger partial charge in [0.2, 0.25) is 0 Å². The molecule has 1 aliphatic heterocycles. The number of esters is 2. The largest absolute Gasteiger partial charge is 0.425 e. The van der Waals surface area contributed by atoms with E-state index >= 15 is 0 Å². The minimum absolute atomic E-state index is 0.262. The third kappa shape index (κ3) is 3.64. The summed E-state index contributed by atoms with van der Waals surface area (Å²) in [5.41, 5.74) is -1.55. The summed E-state index contributed by atoms with van der Waals surface area (Å²) in [5, 5.41) is 0. The highest BCUT2D eigenvalue weighted by molar-refractivity contribution is 9.11. The Labute approximate surface area is 233 Å². The average molecular weight is 675 g/mol. The van der Waals surface area contributed by atoms with Gasteiger partial charge in [0.05, 0.1) is 5.41 Å². The Bertz CT molecular complexity index is 1440. The second kappa shape index (κ2) is 9.08. The van der Waals surface area contributed by atoms with Crippen molar-refractivity contribution in [1.82, 2.24) is 0 Å². The number of halogens is 3. The Morgan fingerprint density at radius 1 is 0.889 bits per heavy atom. The topological polar surface area (TPSA) is 69.7 Å². The predicted molar refractivity (Wildman–Crippen MR) is 146 cm³/mol. The molecule has 0 spiro atoms. The average Bonchev–Trinajstić information content (AvgIpc) is 3.46. The van der Waals surface area contributed by atoms with E-state index in [2.05, 4.69) is 47.8 Å². The van der Waals surface area contributed by atoms with Crippen LogP contribution in [0.4, 0.5) is 0 Å². The maximum Gasteiger partial charge on any atom is 0.330 e. The summed E-state index contributed by atoms with van der Waals surface area (Å²) in [4.78, 5) is 41.5. The van der Waals surface area contributed by atoms with Gasteiger partial charge in [-0.15, -0.1) is 0 Å². The lowest BCUT2D eigenvalue weighted by Gasteiger charge is -2.23. The third-order valence-corrected chi connectivity index (χ3v) is 8.43. The van der Waals surface area contributed by atoms with Gasteiger partial charge in [-0.3, -0.25) is 14.4 Å². The van der Waals surface area contributed by atoms with Crippen molar-refractivity contribution < 1.29 is 23.9 Å². The van der Waals surface area contributed by atoms with Crippen molar-refractivity contribution in [2.45, 2.75) is 19.8 Å². The molecule has 8 heteroatoms. The normalized spacial score (nSPS) is 24.6. The number of allylic oxidation sites excluding steroid dienone is 1. The van der Waals surface area contributed by atoms with Gasteiger partial charge in [-0.25, -0.2) is 0 Å². The standard InChI is InChI=1S/C28H19Br3O5/c1-15(29)22(16-7-11-18(30)12-8-16)36-26(34)28-23(20-5-3-4-6-21(20)35-25(28)33)27(28,2)24(32)17-9-13-19(31)14-10-17/h3-14,23H,1-2H3/b22-15+/t23-,27+,28+/m1/s1. The smallest absolute Gasteiger partial charge is 0.330 e. The quantitative estimate of drug-likeness (QED) is 0.0926. The second-order valence-electron chi connectivity index (χ2n) is 8.97. The maximum absolute atomic E-state index is 14.0. The Morgan fingerprint density at radius 3 is 2.03 bits per heavy atom. The molecule has 1 aliphatic carbocycles. The Kier molecular flexibility index (Phi) is 6.34. The molecule has 0 amide bonds. The lowest BCUT2D eigenvalue weighted by atomic mass is 9.87. The lowest BCUT2D eigenvalue weighted by Crippen LogP contribution is -2.40. The highest BCUT2D eigenvalue weighted by Gasteiger charge is 2.89. The van der Waals surface area contributed by atoms with E-state index in [9.17, 15) is 14.4 Å². The molecule has 0 unspecified atom stereocenters. The van der Waals surface area contributed by atoms with Crippen LogP contribution in [0.2, 0.25) is 0 Å². The summed E-state index contributed by atoms with van der Waals surface area (Å²) in [7, 11) is 0. The fourth-order valence-corrected chi connectivity index (χ4v) is 6.05. The monoisotopic (exact) mass is 672 g/mol. The highest BCUT2D eigenvalue weighted by Crippen LogP contribution is 2.78. The van der Waals surface area contributed by atoms with Crippen LogP contribution in [0.1, 0.15) is 41.3 Å². The van der Waals surface area contributed by atoms with Crippen molar-refractivity contribution in [2.75, 3.05) is 0 Å². The van der Waals surface area contributed by atoms with E-state index in [-0.39, 0.29) is 11.5 Å². The molecule has 1 heterocycles. The van der Waals surface area contributed by atoms with Gasteiger partial charge in [0.1, 0.15) is 11.5 Å². The molecular weight excluding hydrogens is 656 g/mol. The molecule has 1 fully saturated rings. The molecule has 0 bridgehead atoms. The molecule has 0 radical (unpaired) electrons. The summed E-state index contributed by atoms with van der Waals surface area (Å²) >= 11 is 10.2. The van der Waals surface area contributed by atoms with Crippen molar-refractivity contribution in [1.29, 1.82) is 0 Å². The first-order valence-electron chi connectivity index (χ1n) is 11.1. The van der Waals surface area contributed by atoms with Crippen LogP contribution in [-0.2, 0) is 14.3 Å². The Morgan fingerprint density at radius 2 is 1.44 bits per heavy atom. The van der Waals surface area contributed by atoms with E-state index in [1.807, 2.05) is 12.1 Å². The molecule has 0 saturated heterocycles. The number of benzene rings is 3. The van der Waals surface area contributed by atoms with Crippen molar-refractivity contribution >= 4 is 71.3 Å². The molecule has 36 heavy (non-hydrogen) atoms. The number of para-hydroxylation sites is 1. The van der Waals surface area contributed by atoms with Crippen LogP contribution in [0.25, 0.3) is 5.76 Å². The zero-order valence-corrected chi connectivity index (χ0v) is 23.9. The second-order valence-corrected chi connectivity index (χ2v) is 12.0. The predicted octanol–water partition coefficient (Wildman–Crippen LogP) is 7.43. The Hall–Kier alpha value is -2.55. The minimum Gasteiger partial charge on any atom is -0.425 e. The summed E-state index contributed by atoms with van der Waals surface area (Å²) in [6.07, 6.45) is 0. The van der Waals surface area contributed by atoms with E-state index in [4.69, 9.17) is 9.47 Å². The summed E-state index contributed by atoms with van der Waals surface area (Å²) in [6.45, 7) is 3.39. The molecule has 182 valence electrons. The number of carbonyl (C=O) groups is 3. The number of ether oxygens (including phenoxy) is 2. The van der Waals surface area contributed by atoms with Gasteiger partial charge in [-0.2, -0.15) is 0 Å². The molecule has 5 rings (SSSR count). The van der Waals surface area contributed by atoms with Gasteiger partial charge in [-0.1, -0.05) is 90.3 Å². The zero-order chi connectivity index (χ0) is 25.8. The van der Waals surface area contributed by atoms with Crippen LogP contribution in [0.5, 0.6) is 5.75 Å². The van der Waals surface area contributed by atoms with Crippen LogP contribution in [0.3, 0.4) is 0 Å². The van der Waals surface area contributed by atoms with Gasteiger partial charge < -0.3 is 9.47 Å². The summed E-state index contributed by atoms with van der Waals surface area (Å²) in [5.74, 6) is -2.05. The molecular formula is C28H19Br3O5. The van der Waals surface area contributed by atoms with Crippen molar-refractivity contribution in [3.8, 4) is 5.75 Å². The lowest BCUT2D eigenvalue weighted by molar-refractivity contribution is -0.157. The van der Waals surface area contributed by atoms with Crippen LogP contribution >= 0.6 is 47.8 Å². The van der Waals surface area contributed by atoms with E-state index in [1.54, 1.807) is 74.5 Å². The molecule has 5 nitrogen and oxygen atoms in total. The van der Waals surface area contributed by atoms with Gasteiger partial charge in [0.25, 0.3) is 0 Å². The zero-order valence-electron chi connectivity index (χ0n) is 19.2. The van der Waals surface area contributed by atoms with E-state index < -0.39 is 28.7 Å². The van der Waals surface area contributed by atoms with Crippen LogP contribution in [-0.4, -0.2) is 17.7 Å². The molecule has 3 aromatic rings. The number of fused-ring (bicyclic) bond motifs is 3. The fourth-order valence-electron chi connectivity index (χ4n) is 5.21. The SMILES string of the molecule is C/C(Br)=C(\OC(=O)[C@@]12C(=O)Oc3ccccc3[C@@H]1[C@@]2(C)C(=O)c1ccc(Br)cc1)c1ccc(Br)cc1. The van der Waals surface area contributed by atoms with Crippen LogP contribution in [0.15, 0.2) is 86.2 Å². The van der Waals surface area contributed by atoms with E-state index in [0.29, 0.717) is 26.9 Å². The maximum atomic E-state index is 14.0. The van der Waals surface area contributed by atoms with Crippen LogP contribution < -0.4 is 4.74 Å². The summed E-state index contributed by atoms with van der Waals surface area (Å²) in [6, 6.07) is 21.1. The first kappa shape index (κ1) is 25.1. The van der Waals surface area contributed by atoms with Gasteiger partial charge in [0.15, 0.2) is 11.2 Å². The van der Waals surface area contributed by atoms with Crippen molar-refractivity contribution in [2.24, 2.45) is 10.8 Å². The van der Waals surface area contributed by atoms with E-state index in [0.717, 1.165) is 8.95 Å². The number of ketones is 1. The molecule has 0 N–H and O–H groups in total. The fraction of sp³-hybridized carbons (Fsp3) is 0.179. The number of carbonyl (C=O) groups excluding carboxylic acids is 3. The first-order chi connectivity index (χ1) is 17.1. The number of Topliss-reactive ketones (excluding diaryl/α,β-unsaturated/α-hetero) is 1. The minimum atomic E-state index is -1.82. The van der Waals surface area contributed by atoms with Crippen molar-refractivity contribution in [3.63, 3.8) is 0 Å². The van der Waals surface area contributed by atoms with Crippen molar-refractivity contribution in [3.05, 3.63) is 103 Å².